The summed E-state index contributed by atoms with van der Waals surface area (Å²) in [6, 6.07) is 9.56. The Kier molecular flexibility index (Phi) is 7.37. The fourth-order valence-electron chi connectivity index (χ4n) is 6.32. The minimum atomic E-state index is -4.55. The van der Waals surface area contributed by atoms with Crippen molar-refractivity contribution in [3.05, 3.63) is 69.5 Å². The molecule has 0 N–H and O–H groups in total. The summed E-state index contributed by atoms with van der Waals surface area (Å²) in [6.07, 6.45) is 6.90. The number of aromatic nitrogens is 2. The lowest BCUT2D eigenvalue weighted by Crippen LogP contribution is -2.41. The second-order valence-electron chi connectivity index (χ2n) is 11.3. The molecule has 0 radical (unpaired) electrons. The average molecular weight is 576 g/mol. The van der Waals surface area contributed by atoms with Crippen molar-refractivity contribution in [2.24, 2.45) is 0 Å². The molecule has 42 heavy (non-hydrogen) atoms. The first kappa shape index (κ1) is 28.1. The number of halogens is 3. The third-order valence-electron chi connectivity index (χ3n) is 8.50. The first-order chi connectivity index (χ1) is 20.2. The van der Waals surface area contributed by atoms with Crippen LogP contribution in [0.15, 0.2) is 47.3 Å². The van der Waals surface area contributed by atoms with Gasteiger partial charge in [-0.15, -0.1) is 0 Å². The number of carbonyl (C=O) groups is 2. The van der Waals surface area contributed by atoms with E-state index in [1.165, 1.54) is 53.9 Å². The average Bonchev–Trinajstić information content (AvgIpc) is 3.36. The van der Waals surface area contributed by atoms with E-state index >= 15 is 0 Å². The Balaban J connectivity index is 1.29. The maximum absolute atomic E-state index is 13.6. The largest absolute Gasteiger partial charge is 0.416 e. The van der Waals surface area contributed by atoms with Crippen LogP contribution in [0, 0.1) is 0 Å². The van der Waals surface area contributed by atoms with E-state index in [-0.39, 0.29) is 22.1 Å². The lowest BCUT2D eigenvalue weighted by atomic mass is 9.90. The zero-order chi connectivity index (χ0) is 29.6. The number of carbonyl (C=O) groups excluding carboxylic acids is 2. The highest BCUT2D eigenvalue weighted by Crippen LogP contribution is 2.38. The summed E-state index contributed by atoms with van der Waals surface area (Å²) in [7, 11) is 0. The minimum Gasteiger partial charge on any atom is -0.274 e. The molecule has 0 saturated heterocycles. The minimum absolute atomic E-state index is 0.0420. The Morgan fingerprint density at radius 3 is 1.93 bits per heavy atom. The topological polar surface area (TPSA) is 71.8 Å². The van der Waals surface area contributed by atoms with Gasteiger partial charge in [-0.1, -0.05) is 64.7 Å². The highest BCUT2D eigenvalue weighted by molar-refractivity contribution is 6.31. The second-order valence-corrected chi connectivity index (χ2v) is 11.3. The number of alkyl halides is 3. The van der Waals surface area contributed by atoms with Crippen LogP contribution in [0.4, 0.5) is 13.2 Å². The van der Waals surface area contributed by atoms with Gasteiger partial charge in [0.1, 0.15) is 5.65 Å². The van der Waals surface area contributed by atoms with E-state index in [1.54, 1.807) is 24.3 Å². The molecule has 2 amide bonds. The molecule has 0 aliphatic carbocycles. The van der Waals surface area contributed by atoms with Crippen molar-refractivity contribution < 1.29 is 22.8 Å². The second kappa shape index (κ2) is 11.0. The summed E-state index contributed by atoms with van der Waals surface area (Å²) in [4.78, 5) is 46.4. The van der Waals surface area contributed by atoms with Gasteiger partial charge in [-0.3, -0.25) is 23.7 Å². The summed E-state index contributed by atoms with van der Waals surface area (Å²) in [5, 5.41) is 1.62. The van der Waals surface area contributed by atoms with Crippen molar-refractivity contribution >= 4 is 50.0 Å². The van der Waals surface area contributed by atoms with E-state index in [9.17, 15) is 27.6 Å². The number of unbranched alkanes of at least 4 members (excludes halogenated alkanes) is 9. The Morgan fingerprint density at radius 2 is 1.31 bits per heavy atom. The highest BCUT2D eigenvalue weighted by Gasteiger charge is 2.35. The molecule has 5 aromatic rings. The molecule has 9 heteroatoms. The first-order valence-electron chi connectivity index (χ1n) is 14.8. The molecule has 6 rings (SSSR count). The Bertz CT molecular complexity index is 1870. The predicted molar refractivity (Wildman–Crippen MR) is 157 cm³/mol. The van der Waals surface area contributed by atoms with Crippen LogP contribution < -0.4 is 5.56 Å². The number of amides is 2. The molecule has 0 spiro atoms. The van der Waals surface area contributed by atoms with E-state index in [0.717, 1.165) is 37.8 Å². The van der Waals surface area contributed by atoms with Crippen LogP contribution in [0.5, 0.6) is 0 Å². The van der Waals surface area contributed by atoms with Crippen molar-refractivity contribution in [1.29, 1.82) is 0 Å². The van der Waals surface area contributed by atoms with Gasteiger partial charge in [0, 0.05) is 39.2 Å². The molecule has 0 fully saturated rings. The molecule has 1 aliphatic rings. The molecule has 1 aliphatic heterocycles. The number of rotatable bonds is 11. The smallest absolute Gasteiger partial charge is 0.274 e. The normalized spacial score (nSPS) is 14.0. The van der Waals surface area contributed by atoms with Gasteiger partial charge < -0.3 is 0 Å². The molecule has 0 saturated carbocycles. The number of fused-ring (bicyclic) bond motifs is 4. The van der Waals surface area contributed by atoms with E-state index in [2.05, 4.69) is 11.9 Å². The SMILES string of the molecule is CCCCCCCCCCCCN1C(=O)c2ccc3c(=O)n4c5ccc(C(F)(F)F)cc5nc4c4ccc(c2c34)C1=O. The summed E-state index contributed by atoms with van der Waals surface area (Å²) in [6.45, 7) is 2.54. The van der Waals surface area contributed by atoms with Crippen molar-refractivity contribution in [2.75, 3.05) is 6.54 Å². The van der Waals surface area contributed by atoms with Crippen LogP contribution in [0.3, 0.4) is 0 Å². The summed E-state index contributed by atoms with van der Waals surface area (Å²) >= 11 is 0. The van der Waals surface area contributed by atoms with E-state index in [1.807, 2.05) is 0 Å². The summed E-state index contributed by atoms with van der Waals surface area (Å²) in [5.74, 6) is -0.790. The fraction of sp³-hybridized carbons (Fsp3) is 0.394. The van der Waals surface area contributed by atoms with Crippen LogP contribution in [0.2, 0.25) is 0 Å². The Morgan fingerprint density at radius 1 is 0.714 bits per heavy atom. The Labute approximate surface area is 240 Å². The van der Waals surface area contributed by atoms with Crippen LogP contribution >= 0.6 is 0 Å². The molecule has 3 aromatic carbocycles. The predicted octanol–water partition coefficient (Wildman–Crippen LogP) is 8.13. The van der Waals surface area contributed by atoms with E-state index < -0.39 is 29.1 Å². The first-order valence-corrected chi connectivity index (χ1v) is 14.8. The molecule has 3 heterocycles. The summed E-state index contributed by atoms with van der Waals surface area (Å²) in [5.41, 5.74) is -0.138. The fourth-order valence-corrected chi connectivity index (χ4v) is 6.32. The molecule has 2 aromatic heterocycles. The van der Waals surface area contributed by atoms with E-state index in [0.29, 0.717) is 33.8 Å². The number of pyridine rings is 1. The zero-order valence-corrected chi connectivity index (χ0v) is 23.5. The molecule has 0 atom stereocenters. The third kappa shape index (κ3) is 4.68. The molecule has 0 bridgehead atoms. The van der Waals surface area contributed by atoms with Crippen LogP contribution in [0.25, 0.3) is 38.2 Å². The van der Waals surface area contributed by atoms with Gasteiger partial charge in [0.05, 0.1) is 16.6 Å². The van der Waals surface area contributed by atoms with Crippen molar-refractivity contribution in [3.8, 4) is 0 Å². The number of imidazole rings is 1. The molecule has 0 unspecified atom stereocenters. The molecule has 6 nitrogen and oxygen atoms in total. The third-order valence-corrected chi connectivity index (χ3v) is 8.50. The van der Waals surface area contributed by atoms with Gasteiger partial charge in [-0.25, -0.2) is 4.98 Å². The van der Waals surface area contributed by atoms with Crippen LogP contribution in [0.1, 0.15) is 97.4 Å². The van der Waals surface area contributed by atoms with Crippen molar-refractivity contribution in [1.82, 2.24) is 14.3 Å². The zero-order valence-electron chi connectivity index (χ0n) is 23.5. The number of hydrogen-bond acceptors (Lipinski definition) is 4. The maximum atomic E-state index is 13.6. The Hall–Kier alpha value is -4.01. The van der Waals surface area contributed by atoms with Crippen LogP contribution in [-0.4, -0.2) is 32.6 Å². The van der Waals surface area contributed by atoms with Gasteiger partial charge in [-0.2, -0.15) is 13.2 Å². The number of nitrogens with zero attached hydrogens (tertiary/aromatic N) is 3. The van der Waals surface area contributed by atoms with Gasteiger partial charge >= 0.3 is 6.18 Å². The van der Waals surface area contributed by atoms with Crippen molar-refractivity contribution in [3.63, 3.8) is 0 Å². The standard InChI is InChI=1S/C33H32F3N3O3/c1-2-3-4-5-6-7-8-9-10-11-18-38-30(40)22-14-13-21-27-24(16-15-23(28(22)27)31(38)41)32(42)39-26-17-12-20(33(34,35)36)19-25(26)37-29(21)39/h12-17,19H,2-11,18H2,1H3. The number of imide groups is 1. The van der Waals surface area contributed by atoms with E-state index in [4.69, 9.17) is 0 Å². The highest BCUT2D eigenvalue weighted by atomic mass is 19.4. The van der Waals surface area contributed by atoms with Gasteiger partial charge in [0.15, 0.2) is 0 Å². The van der Waals surface area contributed by atoms with Crippen molar-refractivity contribution in [2.45, 2.75) is 77.3 Å². The lowest BCUT2D eigenvalue weighted by molar-refractivity contribution is -0.137. The number of hydrogen-bond donors (Lipinski definition) is 0. The van der Waals surface area contributed by atoms with Gasteiger partial charge in [0.2, 0.25) is 0 Å². The summed E-state index contributed by atoms with van der Waals surface area (Å²) < 4.78 is 41.3. The molecular formula is C33H32F3N3O3. The van der Waals surface area contributed by atoms with Gasteiger partial charge in [0.25, 0.3) is 17.4 Å². The monoisotopic (exact) mass is 575 g/mol. The molecule has 218 valence electrons. The quantitative estimate of drug-likeness (QED) is 0.118. The maximum Gasteiger partial charge on any atom is 0.416 e. The van der Waals surface area contributed by atoms with Gasteiger partial charge in [-0.05, 0) is 48.9 Å². The number of benzene rings is 3. The molecular weight excluding hydrogens is 543 g/mol. The van der Waals surface area contributed by atoms with Crippen LogP contribution in [-0.2, 0) is 6.18 Å². The lowest BCUT2D eigenvalue weighted by Gasteiger charge is -2.28.